The molecule has 4 nitrogen and oxygen atoms in total. The van der Waals surface area contributed by atoms with E-state index in [0.29, 0.717) is 18.8 Å². The van der Waals surface area contributed by atoms with Crippen LogP contribution in [0.1, 0.15) is 18.4 Å². The summed E-state index contributed by atoms with van der Waals surface area (Å²) in [6.45, 7) is 3.41. The van der Waals surface area contributed by atoms with Gasteiger partial charge in [0, 0.05) is 19.1 Å². The van der Waals surface area contributed by atoms with Crippen LogP contribution in [0.15, 0.2) is 30.3 Å². The monoisotopic (exact) mass is 294 g/mol. The lowest BCUT2D eigenvalue weighted by atomic mass is 10.1. The second-order valence-electron chi connectivity index (χ2n) is 5.77. The molecule has 20 heavy (non-hydrogen) atoms. The van der Waals surface area contributed by atoms with E-state index in [1.165, 1.54) is 18.4 Å². The van der Waals surface area contributed by atoms with Crippen LogP contribution in [-0.2, 0) is 16.4 Å². The van der Waals surface area contributed by atoms with Crippen LogP contribution in [0.2, 0.25) is 0 Å². The molecule has 1 aromatic rings. The van der Waals surface area contributed by atoms with Crippen LogP contribution in [0.4, 0.5) is 0 Å². The highest BCUT2D eigenvalue weighted by Crippen LogP contribution is 2.22. The van der Waals surface area contributed by atoms with Gasteiger partial charge >= 0.3 is 0 Å². The molecular formula is C15H22N2O2S. The van der Waals surface area contributed by atoms with Gasteiger partial charge in [0.2, 0.25) is 10.0 Å². The minimum atomic E-state index is -3.05. The van der Waals surface area contributed by atoms with Crippen molar-refractivity contribution in [3.63, 3.8) is 0 Å². The van der Waals surface area contributed by atoms with Crippen molar-refractivity contribution in [1.82, 2.24) is 9.21 Å². The largest absolute Gasteiger partial charge is 0.298 e. The minimum Gasteiger partial charge on any atom is -0.298 e. The first-order chi connectivity index (χ1) is 9.65. The summed E-state index contributed by atoms with van der Waals surface area (Å²) in [5.74, 6) is 0.307. The van der Waals surface area contributed by atoms with Crippen LogP contribution in [0.3, 0.4) is 0 Å². The molecule has 0 amide bonds. The summed E-state index contributed by atoms with van der Waals surface area (Å²) in [6, 6.07) is 10.3. The first-order valence-electron chi connectivity index (χ1n) is 7.41. The number of nitrogens with zero attached hydrogens (tertiary/aromatic N) is 2. The normalized spacial score (nSPS) is 27.1. The maximum Gasteiger partial charge on any atom is 0.215 e. The van der Waals surface area contributed by atoms with E-state index in [0.717, 1.165) is 19.5 Å². The molecule has 2 aliphatic heterocycles. The minimum absolute atomic E-state index is 0.207. The number of sulfonamides is 1. The van der Waals surface area contributed by atoms with Gasteiger partial charge in [-0.2, -0.15) is 4.31 Å². The van der Waals surface area contributed by atoms with Crippen molar-refractivity contribution in [1.29, 1.82) is 0 Å². The van der Waals surface area contributed by atoms with Crippen molar-refractivity contribution in [2.45, 2.75) is 25.3 Å². The Kier molecular flexibility index (Phi) is 4.10. The fourth-order valence-electron chi connectivity index (χ4n) is 3.21. The van der Waals surface area contributed by atoms with E-state index in [1.54, 1.807) is 4.31 Å². The van der Waals surface area contributed by atoms with E-state index in [4.69, 9.17) is 0 Å². The lowest BCUT2D eigenvalue weighted by molar-refractivity contribution is 0.244. The second-order valence-corrected chi connectivity index (χ2v) is 7.78. The molecule has 0 saturated carbocycles. The van der Waals surface area contributed by atoms with Crippen LogP contribution >= 0.6 is 0 Å². The molecule has 2 heterocycles. The summed E-state index contributed by atoms with van der Waals surface area (Å²) in [7, 11) is -3.05. The molecule has 1 aromatic carbocycles. The first-order valence-corrected chi connectivity index (χ1v) is 9.02. The summed E-state index contributed by atoms with van der Waals surface area (Å²) in [5, 5.41) is 0. The average Bonchev–Trinajstić information content (AvgIpc) is 3.05. The Morgan fingerprint density at radius 1 is 1.10 bits per heavy atom. The van der Waals surface area contributed by atoms with Gasteiger partial charge in [-0.25, -0.2) is 8.42 Å². The Hall–Kier alpha value is -0.910. The molecule has 0 N–H and O–H groups in total. The second kappa shape index (κ2) is 5.84. The quantitative estimate of drug-likeness (QED) is 0.841. The first kappa shape index (κ1) is 14.0. The van der Waals surface area contributed by atoms with Crippen LogP contribution in [0, 0.1) is 0 Å². The maximum atomic E-state index is 12.2. The average molecular weight is 294 g/mol. The summed E-state index contributed by atoms with van der Waals surface area (Å²) in [4.78, 5) is 2.35. The Balaban J connectivity index is 1.61. The van der Waals surface area contributed by atoms with Crippen molar-refractivity contribution < 1.29 is 8.42 Å². The van der Waals surface area contributed by atoms with E-state index < -0.39 is 10.0 Å². The molecular weight excluding hydrogens is 272 g/mol. The van der Waals surface area contributed by atoms with Crippen molar-refractivity contribution >= 4 is 10.0 Å². The fourth-order valence-corrected chi connectivity index (χ4v) is 4.99. The standard InChI is InChI=1S/C15H22N2O2S/c18-20(19)13-15(16-9-4-5-10-16)12-17(20)11-8-14-6-2-1-3-7-14/h1-3,6-7,15H,4-5,8-13H2. The molecule has 0 aromatic heterocycles. The molecule has 2 fully saturated rings. The van der Waals surface area contributed by atoms with Crippen LogP contribution in [0.25, 0.3) is 0 Å². The predicted octanol–water partition coefficient (Wildman–Crippen LogP) is 1.34. The number of rotatable bonds is 4. The van der Waals surface area contributed by atoms with E-state index >= 15 is 0 Å². The highest BCUT2D eigenvalue weighted by molar-refractivity contribution is 7.89. The highest BCUT2D eigenvalue weighted by Gasteiger charge is 2.39. The zero-order chi connectivity index (χ0) is 14.0. The van der Waals surface area contributed by atoms with Gasteiger partial charge in [0.25, 0.3) is 0 Å². The number of benzene rings is 1. The fraction of sp³-hybridized carbons (Fsp3) is 0.600. The van der Waals surface area contributed by atoms with Gasteiger partial charge in [0.1, 0.15) is 0 Å². The molecule has 2 saturated heterocycles. The van der Waals surface area contributed by atoms with Gasteiger partial charge in [0.15, 0.2) is 0 Å². The molecule has 5 heteroatoms. The van der Waals surface area contributed by atoms with Crippen molar-refractivity contribution in [3.8, 4) is 0 Å². The molecule has 2 aliphatic rings. The Labute approximate surface area is 121 Å². The van der Waals surface area contributed by atoms with Crippen LogP contribution in [0.5, 0.6) is 0 Å². The van der Waals surface area contributed by atoms with Crippen LogP contribution in [-0.4, -0.2) is 55.6 Å². The van der Waals surface area contributed by atoms with Gasteiger partial charge < -0.3 is 0 Å². The summed E-state index contributed by atoms with van der Waals surface area (Å²) < 4.78 is 26.2. The topological polar surface area (TPSA) is 40.6 Å². The number of hydrogen-bond acceptors (Lipinski definition) is 3. The number of likely N-dealkylation sites (tertiary alicyclic amines) is 1. The van der Waals surface area contributed by atoms with Gasteiger partial charge in [-0.3, -0.25) is 4.90 Å². The highest BCUT2D eigenvalue weighted by atomic mass is 32.2. The van der Waals surface area contributed by atoms with E-state index in [2.05, 4.69) is 17.0 Å². The van der Waals surface area contributed by atoms with E-state index in [9.17, 15) is 8.42 Å². The molecule has 1 atom stereocenters. The Bertz CT molecular complexity index is 538. The van der Waals surface area contributed by atoms with Crippen molar-refractivity contribution in [2.75, 3.05) is 31.9 Å². The molecule has 0 aliphatic carbocycles. The molecule has 0 bridgehead atoms. The summed E-state index contributed by atoms with van der Waals surface area (Å²) in [5.41, 5.74) is 1.20. The third-order valence-electron chi connectivity index (χ3n) is 4.36. The summed E-state index contributed by atoms with van der Waals surface area (Å²) in [6.07, 6.45) is 3.22. The van der Waals surface area contributed by atoms with E-state index in [-0.39, 0.29) is 6.04 Å². The van der Waals surface area contributed by atoms with Gasteiger partial charge in [-0.05, 0) is 37.9 Å². The maximum absolute atomic E-state index is 12.2. The van der Waals surface area contributed by atoms with Crippen molar-refractivity contribution in [2.24, 2.45) is 0 Å². The zero-order valence-corrected chi connectivity index (χ0v) is 12.6. The van der Waals surface area contributed by atoms with Gasteiger partial charge in [0.05, 0.1) is 5.75 Å². The smallest absolute Gasteiger partial charge is 0.215 e. The number of hydrogen-bond donors (Lipinski definition) is 0. The van der Waals surface area contributed by atoms with Crippen LogP contribution < -0.4 is 0 Å². The zero-order valence-electron chi connectivity index (χ0n) is 11.7. The van der Waals surface area contributed by atoms with Gasteiger partial charge in [-0.1, -0.05) is 30.3 Å². The van der Waals surface area contributed by atoms with Crippen molar-refractivity contribution in [3.05, 3.63) is 35.9 Å². The molecule has 3 rings (SSSR count). The Morgan fingerprint density at radius 3 is 2.50 bits per heavy atom. The molecule has 1 unspecified atom stereocenters. The molecule has 110 valence electrons. The predicted molar refractivity (Wildman–Crippen MR) is 80.1 cm³/mol. The summed E-state index contributed by atoms with van der Waals surface area (Å²) >= 11 is 0. The third kappa shape index (κ3) is 3.05. The lowest BCUT2D eigenvalue weighted by Gasteiger charge is -2.21. The molecule has 0 spiro atoms. The SMILES string of the molecule is O=S1(=O)CC(N2CCCC2)CN1CCc1ccccc1. The third-order valence-corrected chi connectivity index (χ3v) is 6.28. The van der Waals surface area contributed by atoms with E-state index in [1.807, 2.05) is 18.2 Å². The van der Waals surface area contributed by atoms with Gasteiger partial charge in [-0.15, -0.1) is 0 Å². The lowest BCUT2D eigenvalue weighted by Crippen LogP contribution is -2.37. The molecule has 0 radical (unpaired) electrons. The Morgan fingerprint density at radius 2 is 1.80 bits per heavy atom.